The molecule has 0 bridgehead atoms. The molecule has 1 aliphatic rings. The van der Waals surface area contributed by atoms with Crippen molar-refractivity contribution >= 4 is 22.7 Å². The standard InChI is InChI=1S/C23H26N2OS/c1-16-9-8-14-21(17(16)2)25-22(26)19-12-6-7-13-20(19)24-23(25)27-15-18-10-4-3-5-11-18/h6-9,12-14,18H,3-5,10-11,15H2,1-2H3. The fourth-order valence-electron chi connectivity index (χ4n) is 3.95. The highest BCUT2D eigenvalue weighted by atomic mass is 32.2. The van der Waals surface area contributed by atoms with E-state index >= 15 is 0 Å². The van der Waals surface area contributed by atoms with Crippen LogP contribution in [0.4, 0.5) is 0 Å². The molecular formula is C23H26N2OS. The second-order valence-electron chi connectivity index (χ2n) is 7.59. The zero-order chi connectivity index (χ0) is 18.8. The second-order valence-corrected chi connectivity index (χ2v) is 8.57. The Kier molecular flexibility index (Phi) is 5.35. The third kappa shape index (κ3) is 3.68. The van der Waals surface area contributed by atoms with Gasteiger partial charge < -0.3 is 0 Å². The van der Waals surface area contributed by atoms with E-state index in [1.807, 2.05) is 41.0 Å². The van der Waals surface area contributed by atoms with Gasteiger partial charge in [-0.2, -0.15) is 0 Å². The summed E-state index contributed by atoms with van der Waals surface area (Å²) in [7, 11) is 0. The first-order valence-corrected chi connectivity index (χ1v) is 10.8. The van der Waals surface area contributed by atoms with Crippen LogP contribution in [0.15, 0.2) is 52.4 Å². The van der Waals surface area contributed by atoms with Crippen molar-refractivity contribution in [3.8, 4) is 5.69 Å². The van der Waals surface area contributed by atoms with Crippen molar-refractivity contribution in [2.75, 3.05) is 5.75 Å². The Hall–Kier alpha value is -2.07. The molecule has 4 rings (SSSR count). The molecule has 1 aliphatic carbocycles. The van der Waals surface area contributed by atoms with Crippen LogP contribution in [0.1, 0.15) is 43.2 Å². The Labute approximate surface area is 164 Å². The summed E-state index contributed by atoms with van der Waals surface area (Å²) >= 11 is 1.74. The van der Waals surface area contributed by atoms with Gasteiger partial charge in [0.25, 0.3) is 5.56 Å². The molecule has 0 aliphatic heterocycles. The molecule has 0 spiro atoms. The number of aromatic nitrogens is 2. The summed E-state index contributed by atoms with van der Waals surface area (Å²) in [6, 6.07) is 13.8. The minimum Gasteiger partial charge on any atom is -0.268 e. The average Bonchev–Trinajstić information content (AvgIpc) is 2.70. The van der Waals surface area contributed by atoms with E-state index in [4.69, 9.17) is 4.98 Å². The number of para-hydroxylation sites is 1. The van der Waals surface area contributed by atoms with Gasteiger partial charge in [-0.05, 0) is 61.9 Å². The highest BCUT2D eigenvalue weighted by molar-refractivity contribution is 7.99. The van der Waals surface area contributed by atoms with E-state index in [0.29, 0.717) is 5.39 Å². The van der Waals surface area contributed by atoms with E-state index in [0.717, 1.165) is 33.6 Å². The molecular weight excluding hydrogens is 352 g/mol. The number of nitrogens with zero attached hydrogens (tertiary/aromatic N) is 2. The molecule has 1 fully saturated rings. The molecule has 1 aromatic heterocycles. The van der Waals surface area contributed by atoms with Crippen LogP contribution in [0.25, 0.3) is 16.6 Å². The first-order chi connectivity index (χ1) is 13.1. The van der Waals surface area contributed by atoms with E-state index in [2.05, 4.69) is 19.9 Å². The van der Waals surface area contributed by atoms with Crippen LogP contribution in [-0.2, 0) is 0 Å². The first-order valence-electron chi connectivity index (χ1n) is 9.86. The van der Waals surface area contributed by atoms with Crippen molar-refractivity contribution in [2.24, 2.45) is 5.92 Å². The largest absolute Gasteiger partial charge is 0.268 e. The van der Waals surface area contributed by atoms with Crippen LogP contribution < -0.4 is 5.56 Å². The monoisotopic (exact) mass is 378 g/mol. The Morgan fingerprint density at radius 2 is 1.81 bits per heavy atom. The summed E-state index contributed by atoms with van der Waals surface area (Å²) in [5.41, 5.74) is 4.09. The van der Waals surface area contributed by atoms with E-state index in [9.17, 15) is 4.79 Å². The summed E-state index contributed by atoms with van der Waals surface area (Å²) in [6.45, 7) is 4.18. The quantitative estimate of drug-likeness (QED) is 0.433. The lowest BCUT2D eigenvalue weighted by molar-refractivity contribution is 0.390. The van der Waals surface area contributed by atoms with Crippen LogP contribution in [0.2, 0.25) is 0 Å². The van der Waals surface area contributed by atoms with Gasteiger partial charge in [-0.3, -0.25) is 9.36 Å². The molecule has 3 nitrogen and oxygen atoms in total. The number of thioether (sulfide) groups is 1. The lowest BCUT2D eigenvalue weighted by Crippen LogP contribution is -2.23. The van der Waals surface area contributed by atoms with Gasteiger partial charge in [0.05, 0.1) is 16.6 Å². The SMILES string of the molecule is Cc1cccc(-n2c(SCC3CCCCC3)nc3ccccc3c2=O)c1C. The molecule has 2 aromatic carbocycles. The predicted octanol–water partition coefficient (Wildman–Crippen LogP) is 5.67. The van der Waals surface area contributed by atoms with Crippen LogP contribution in [0.3, 0.4) is 0 Å². The average molecular weight is 379 g/mol. The first kappa shape index (κ1) is 18.3. The van der Waals surface area contributed by atoms with Gasteiger partial charge in [0.1, 0.15) is 0 Å². The topological polar surface area (TPSA) is 34.9 Å². The lowest BCUT2D eigenvalue weighted by Gasteiger charge is -2.22. The summed E-state index contributed by atoms with van der Waals surface area (Å²) in [5.74, 6) is 1.77. The minimum absolute atomic E-state index is 0.0282. The predicted molar refractivity (Wildman–Crippen MR) is 114 cm³/mol. The van der Waals surface area contributed by atoms with Crippen molar-refractivity contribution in [2.45, 2.75) is 51.1 Å². The van der Waals surface area contributed by atoms with Crippen LogP contribution in [0.5, 0.6) is 0 Å². The second kappa shape index (κ2) is 7.89. The number of rotatable bonds is 4. The zero-order valence-electron chi connectivity index (χ0n) is 16.1. The number of hydrogen-bond acceptors (Lipinski definition) is 3. The van der Waals surface area contributed by atoms with Gasteiger partial charge in [-0.1, -0.05) is 55.3 Å². The van der Waals surface area contributed by atoms with Crippen LogP contribution in [0, 0.1) is 19.8 Å². The Morgan fingerprint density at radius 1 is 1.04 bits per heavy atom. The van der Waals surface area contributed by atoms with E-state index in [1.165, 1.54) is 37.7 Å². The Balaban J connectivity index is 1.82. The maximum atomic E-state index is 13.4. The highest BCUT2D eigenvalue weighted by Gasteiger charge is 2.18. The molecule has 1 heterocycles. The lowest BCUT2D eigenvalue weighted by atomic mass is 9.91. The molecule has 4 heteroatoms. The van der Waals surface area contributed by atoms with Crippen molar-refractivity contribution < 1.29 is 0 Å². The van der Waals surface area contributed by atoms with Crippen LogP contribution in [-0.4, -0.2) is 15.3 Å². The summed E-state index contributed by atoms with van der Waals surface area (Å²) in [4.78, 5) is 18.3. The fraction of sp³-hybridized carbons (Fsp3) is 0.391. The van der Waals surface area contributed by atoms with Gasteiger partial charge in [0.2, 0.25) is 0 Å². The maximum Gasteiger partial charge on any atom is 0.266 e. The number of fused-ring (bicyclic) bond motifs is 1. The summed E-state index contributed by atoms with van der Waals surface area (Å²) in [6.07, 6.45) is 6.63. The Morgan fingerprint density at radius 3 is 2.63 bits per heavy atom. The molecule has 0 N–H and O–H groups in total. The molecule has 3 aromatic rings. The van der Waals surface area contributed by atoms with Gasteiger partial charge >= 0.3 is 0 Å². The Bertz CT molecular complexity index is 1020. The summed E-state index contributed by atoms with van der Waals surface area (Å²) in [5, 5.41) is 1.50. The van der Waals surface area contributed by atoms with E-state index in [1.54, 1.807) is 11.8 Å². The smallest absolute Gasteiger partial charge is 0.266 e. The zero-order valence-corrected chi connectivity index (χ0v) is 16.9. The van der Waals surface area contributed by atoms with Crippen molar-refractivity contribution in [1.29, 1.82) is 0 Å². The van der Waals surface area contributed by atoms with Gasteiger partial charge in [-0.25, -0.2) is 4.98 Å². The molecule has 1 saturated carbocycles. The van der Waals surface area contributed by atoms with Crippen molar-refractivity contribution in [1.82, 2.24) is 9.55 Å². The third-order valence-corrected chi connectivity index (χ3v) is 6.90. The number of aryl methyl sites for hydroxylation is 1. The van der Waals surface area contributed by atoms with E-state index in [-0.39, 0.29) is 5.56 Å². The molecule has 0 atom stereocenters. The molecule has 0 unspecified atom stereocenters. The molecule has 0 saturated heterocycles. The molecule has 0 radical (unpaired) electrons. The molecule has 27 heavy (non-hydrogen) atoms. The maximum absolute atomic E-state index is 13.4. The number of benzene rings is 2. The van der Waals surface area contributed by atoms with Gasteiger partial charge in [-0.15, -0.1) is 0 Å². The van der Waals surface area contributed by atoms with Crippen LogP contribution >= 0.6 is 11.8 Å². The fourth-order valence-corrected chi connectivity index (χ4v) is 5.14. The normalized spacial score (nSPS) is 15.3. The van der Waals surface area contributed by atoms with Gasteiger partial charge in [0, 0.05) is 5.75 Å². The van der Waals surface area contributed by atoms with Crippen molar-refractivity contribution in [3.63, 3.8) is 0 Å². The molecule has 140 valence electrons. The van der Waals surface area contributed by atoms with Crippen molar-refractivity contribution in [3.05, 3.63) is 63.9 Å². The van der Waals surface area contributed by atoms with E-state index < -0.39 is 0 Å². The number of hydrogen-bond donors (Lipinski definition) is 0. The third-order valence-electron chi connectivity index (χ3n) is 5.73. The highest BCUT2D eigenvalue weighted by Crippen LogP contribution is 2.31. The molecule has 0 amide bonds. The minimum atomic E-state index is 0.0282. The summed E-state index contributed by atoms with van der Waals surface area (Å²) < 4.78 is 1.83. The van der Waals surface area contributed by atoms with Gasteiger partial charge in [0.15, 0.2) is 5.16 Å².